The fourth-order valence-electron chi connectivity index (χ4n) is 1.97. The molecule has 0 spiro atoms. The first-order valence-corrected chi connectivity index (χ1v) is 6.32. The highest BCUT2D eigenvalue weighted by Gasteiger charge is 2.08. The maximum absolute atomic E-state index is 13.2. The first-order chi connectivity index (χ1) is 9.10. The van der Waals surface area contributed by atoms with Gasteiger partial charge in [-0.2, -0.15) is 5.10 Å². The van der Waals surface area contributed by atoms with Crippen LogP contribution in [0.4, 0.5) is 8.78 Å². The molecular weight excluding hydrogens is 248 g/mol. The molecule has 0 aliphatic carbocycles. The Balaban J connectivity index is 2.14. The first kappa shape index (κ1) is 13.7. The van der Waals surface area contributed by atoms with Crippen molar-refractivity contribution in [2.45, 2.75) is 26.4 Å². The lowest BCUT2D eigenvalue weighted by molar-refractivity contribution is 0.462. The molecule has 1 heterocycles. The Bertz CT molecular complexity index is 551. The Labute approximate surface area is 111 Å². The molecule has 0 radical (unpaired) electrons. The molecule has 5 heteroatoms. The number of nitrogens with one attached hydrogen (secondary N) is 1. The average Bonchev–Trinajstić information content (AvgIpc) is 2.81. The van der Waals surface area contributed by atoms with Crippen LogP contribution < -0.4 is 5.32 Å². The van der Waals surface area contributed by atoms with Gasteiger partial charge in [0.25, 0.3) is 0 Å². The Morgan fingerprint density at radius 2 is 2.05 bits per heavy atom. The third kappa shape index (κ3) is 3.38. The van der Waals surface area contributed by atoms with Crippen LogP contribution >= 0.6 is 0 Å². The zero-order valence-corrected chi connectivity index (χ0v) is 11.0. The molecule has 2 aromatic rings. The van der Waals surface area contributed by atoms with Crippen molar-refractivity contribution in [3.63, 3.8) is 0 Å². The highest BCUT2D eigenvalue weighted by Crippen LogP contribution is 2.19. The lowest BCUT2D eigenvalue weighted by Gasteiger charge is -2.11. The van der Waals surface area contributed by atoms with Crippen molar-refractivity contribution in [3.8, 4) is 11.3 Å². The lowest BCUT2D eigenvalue weighted by Crippen LogP contribution is -2.30. The predicted octanol–water partition coefficient (Wildman–Crippen LogP) is 2.83. The van der Waals surface area contributed by atoms with Crippen molar-refractivity contribution < 1.29 is 8.78 Å². The molecule has 102 valence electrons. The van der Waals surface area contributed by atoms with Crippen LogP contribution in [0.5, 0.6) is 0 Å². The smallest absolute Gasteiger partial charge is 0.159 e. The predicted molar refractivity (Wildman–Crippen MR) is 70.7 cm³/mol. The van der Waals surface area contributed by atoms with Crippen LogP contribution in [-0.2, 0) is 6.54 Å². The molecule has 1 aromatic carbocycles. The van der Waals surface area contributed by atoms with Crippen LogP contribution in [0.2, 0.25) is 0 Å². The van der Waals surface area contributed by atoms with Crippen molar-refractivity contribution in [3.05, 3.63) is 42.1 Å². The molecule has 0 aliphatic rings. The van der Waals surface area contributed by atoms with E-state index in [4.69, 9.17) is 0 Å². The summed E-state index contributed by atoms with van der Waals surface area (Å²) in [7, 11) is 0. The third-order valence-electron chi connectivity index (χ3n) is 2.87. The summed E-state index contributed by atoms with van der Waals surface area (Å²) in [6.07, 6.45) is 1.84. The number of halogens is 2. The highest BCUT2D eigenvalue weighted by molar-refractivity contribution is 5.58. The third-order valence-corrected chi connectivity index (χ3v) is 2.87. The molecule has 0 amide bonds. The van der Waals surface area contributed by atoms with Crippen LogP contribution in [0.3, 0.4) is 0 Å². The second kappa shape index (κ2) is 5.93. The van der Waals surface area contributed by atoms with Gasteiger partial charge in [-0.3, -0.25) is 4.68 Å². The second-order valence-corrected chi connectivity index (χ2v) is 4.51. The van der Waals surface area contributed by atoms with Gasteiger partial charge in [-0.1, -0.05) is 6.92 Å². The molecule has 0 fully saturated rings. The minimum absolute atomic E-state index is 0.308. The molecule has 19 heavy (non-hydrogen) atoms. The Morgan fingerprint density at radius 1 is 1.26 bits per heavy atom. The van der Waals surface area contributed by atoms with Gasteiger partial charge >= 0.3 is 0 Å². The molecule has 0 aliphatic heterocycles. The summed E-state index contributed by atoms with van der Waals surface area (Å²) >= 11 is 0. The van der Waals surface area contributed by atoms with Gasteiger partial charge < -0.3 is 5.32 Å². The summed E-state index contributed by atoms with van der Waals surface area (Å²) in [6, 6.07) is 5.91. The minimum Gasteiger partial charge on any atom is -0.313 e. The number of hydrogen-bond acceptors (Lipinski definition) is 2. The molecule has 1 N–H and O–H groups in total. The maximum Gasteiger partial charge on any atom is 0.159 e. The number of nitrogens with zero attached hydrogens (tertiary/aromatic N) is 2. The largest absolute Gasteiger partial charge is 0.313 e. The van der Waals surface area contributed by atoms with E-state index in [0.717, 1.165) is 25.2 Å². The topological polar surface area (TPSA) is 29.9 Å². The van der Waals surface area contributed by atoms with Crippen LogP contribution in [-0.4, -0.2) is 22.4 Å². The zero-order chi connectivity index (χ0) is 13.8. The van der Waals surface area contributed by atoms with E-state index in [2.05, 4.69) is 17.3 Å². The molecule has 1 aromatic heterocycles. The summed E-state index contributed by atoms with van der Waals surface area (Å²) in [5.74, 6) is -1.70. The van der Waals surface area contributed by atoms with Gasteiger partial charge in [-0.25, -0.2) is 8.78 Å². The molecule has 0 saturated carbocycles. The normalized spacial score (nSPS) is 12.6. The Morgan fingerprint density at radius 3 is 2.74 bits per heavy atom. The van der Waals surface area contributed by atoms with E-state index in [0.29, 0.717) is 17.3 Å². The van der Waals surface area contributed by atoms with E-state index in [1.165, 1.54) is 6.07 Å². The van der Waals surface area contributed by atoms with E-state index in [9.17, 15) is 8.78 Å². The Kier molecular flexibility index (Phi) is 4.27. The van der Waals surface area contributed by atoms with Crippen LogP contribution in [0.15, 0.2) is 30.5 Å². The van der Waals surface area contributed by atoms with Crippen molar-refractivity contribution in [2.24, 2.45) is 0 Å². The SMILES string of the molecule is CCN[C@@H](C)Cn1ccc(-c2ccc(F)c(F)c2)n1. The fraction of sp³-hybridized carbons (Fsp3) is 0.357. The van der Waals surface area contributed by atoms with Gasteiger partial charge in [0.2, 0.25) is 0 Å². The number of benzene rings is 1. The zero-order valence-electron chi connectivity index (χ0n) is 11.0. The van der Waals surface area contributed by atoms with E-state index in [-0.39, 0.29) is 0 Å². The number of likely N-dealkylation sites (N-methyl/N-ethyl adjacent to an activating group) is 1. The average molecular weight is 265 g/mol. The quantitative estimate of drug-likeness (QED) is 0.901. The van der Waals surface area contributed by atoms with E-state index in [1.807, 2.05) is 13.1 Å². The highest BCUT2D eigenvalue weighted by atomic mass is 19.2. The van der Waals surface area contributed by atoms with Gasteiger partial charge in [-0.15, -0.1) is 0 Å². The van der Waals surface area contributed by atoms with E-state index < -0.39 is 11.6 Å². The number of rotatable bonds is 5. The van der Waals surface area contributed by atoms with Gasteiger partial charge in [0.15, 0.2) is 11.6 Å². The minimum atomic E-state index is -0.854. The van der Waals surface area contributed by atoms with Crippen molar-refractivity contribution in [1.82, 2.24) is 15.1 Å². The molecular formula is C14H17F2N3. The maximum atomic E-state index is 13.2. The summed E-state index contributed by atoms with van der Waals surface area (Å²) in [5, 5.41) is 7.65. The molecule has 3 nitrogen and oxygen atoms in total. The summed E-state index contributed by atoms with van der Waals surface area (Å²) in [6.45, 7) is 5.75. The summed E-state index contributed by atoms with van der Waals surface area (Å²) in [4.78, 5) is 0. The number of hydrogen-bond donors (Lipinski definition) is 1. The molecule has 0 unspecified atom stereocenters. The second-order valence-electron chi connectivity index (χ2n) is 4.51. The molecule has 2 rings (SSSR count). The van der Waals surface area contributed by atoms with Gasteiger partial charge in [0.1, 0.15) is 0 Å². The van der Waals surface area contributed by atoms with E-state index in [1.54, 1.807) is 10.7 Å². The molecule has 0 saturated heterocycles. The van der Waals surface area contributed by atoms with Crippen LogP contribution in [0.1, 0.15) is 13.8 Å². The van der Waals surface area contributed by atoms with Gasteiger partial charge in [-0.05, 0) is 37.7 Å². The van der Waals surface area contributed by atoms with Gasteiger partial charge in [0.05, 0.1) is 12.2 Å². The van der Waals surface area contributed by atoms with Crippen molar-refractivity contribution in [2.75, 3.05) is 6.54 Å². The molecule has 0 bridgehead atoms. The van der Waals surface area contributed by atoms with Crippen molar-refractivity contribution in [1.29, 1.82) is 0 Å². The number of aromatic nitrogens is 2. The monoisotopic (exact) mass is 265 g/mol. The fourth-order valence-corrected chi connectivity index (χ4v) is 1.97. The summed E-state index contributed by atoms with van der Waals surface area (Å²) < 4.78 is 27.8. The van der Waals surface area contributed by atoms with Crippen molar-refractivity contribution >= 4 is 0 Å². The lowest BCUT2D eigenvalue weighted by atomic mass is 10.1. The van der Waals surface area contributed by atoms with E-state index >= 15 is 0 Å². The summed E-state index contributed by atoms with van der Waals surface area (Å²) in [5.41, 5.74) is 1.22. The molecule has 1 atom stereocenters. The van der Waals surface area contributed by atoms with Gasteiger partial charge in [0, 0.05) is 17.8 Å². The Hall–Kier alpha value is -1.75. The first-order valence-electron chi connectivity index (χ1n) is 6.32. The standard InChI is InChI=1S/C14H17F2N3/c1-3-17-10(2)9-19-7-6-14(18-19)11-4-5-12(15)13(16)8-11/h4-8,10,17H,3,9H2,1-2H3/t10-/m0/s1. The van der Waals surface area contributed by atoms with Crippen LogP contribution in [0, 0.1) is 11.6 Å². The van der Waals surface area contributed by atoms with Crippen LogP contribution in [0.25, 0.3) is 11.3 Å².